The summed E-state index contributed by atoms with van der Waals surface area (Å²) in [6.07, 6.45) is 0. The van der Waals surface area contributed by atoms with E-state index in [2.05, 4.69) is 10.6 Å². The second-order valence-corrected chi connectivity index (χ2v) is 6.14. The minimum Gasteiger partial charge on any atom is -0.355 e. The fourth-order valence-corrected chi connectivity index (χ4v) is 2.77. The fraction of sp³-hybridized carbons (Fsp3) is 0.538. The second-order valence-electron chi connectivity index (χ2n) is 4.34. The van der Waals surface area contributed by atoms with Gasteiger partial charge >= 0.3 is 0 Å². The Morgan fingerprint density at radius 3 is 2.55 bits per heavy atom. The summed E-state index contributed by atoms with van der Waals surface area (Å²) in [6.45, 7) is 6.20. The molecule has 0 unspecified atom stereocenters. The summed E-state index contributed by atoms with van der Waals surface area (Å²) in [5.74, 6) is -0.135. The van der Waals surface area contributed by atoms with Crippen molar-refractivity contribution >= 4 is 34.8 Å². The van der Waals surface area contributed by atoms with Crippen LogP contribution in [0.2, 0.25) is 4.34 Å². The molecule has 0 aliphatic heterocycles. The van der Waals surface area contributed by atoms with Crippen LogP contribution in [0.15, 0.2) is 12.1 Å². The lowest BCUT2D eigenvalue weighted by Gasteiger charge is -2.19. The molecule has 7 heteroatoms. The molecule has 0 spiro atoms. The summed E-state index contributed by atoms with van der Waals surface area (Å²) >= 11 is 7.42. The zero-order valence-electron chi connectivity index (χ0n) is 11.7. The number of nitrogens with one attached hydrogen (secondary N) is 2. The maximum absolute atomic E-state index is 11.8. The molecule has 0 saturated heterocycles. The molecule has 0 radical (unpaired) electrons. The number of rotatable bonds is 8. The summed E-state index contributed by atoms with van der Waals surface area (Å²) in [4.78, 5) is 25.6. The number of thiophene rings is 1. The normalized spacial score (nSPS) is 10.6. The number of nitrogens with zero attached hydrogens (tertiary/aromatic N) is 1. The summed E-state index contributed by atoms with van der Waals surface area (Å²) in [5, 5.41) is 5.41. The highest BCUT2D eigenvalue weighted by Crippen LogP contribution is 2.22. The Hall–Kier alpha value is -1.11. The van der Waals surface area contributed by atoms with Gasteiger partial charge in [-0.1, -0.05) is 18.5 Å². The quantitative estimate of drug-likeness (QED) is 0.714. The van der Waals surface area contributed by atoms with Crippen molar-refractivity contribution in [2.45, 2.75) is 20.4 Å². The topological polar surface area (TPSA) is 61.4 Å². The van der Waals surface area contributed by atoms with Gasteiger partial charge in [0.15, 0.2) is 0 Å². The second kappa shape index (κ2) is 8.94. The smallest absolute Gasteiger partial charge is 0.234 e. The van der Waals surface area contributed by atoms with Crippen LogP contribution in [0.25, 0.3) is 0 Å². The Morgan fingerprint density at radius 2 is 2.00 bits per heavy atom. The molecular formula is C13H20ClN3O2S. The molecule has 0 aliphatic carbocycles. The van der Waals surface area contributed by atoms with Crippen molar-refractivity contribution in [1.29, 1.82) is 0 Å². The van der Waals surface area contributed by atoms with E-state index in [0.717, 1.165) is 15.8 Å². The Kier molecular flexibility index (Phi) is 7.58. The summed E-state index contributed by atoms with van der Waals surface area (Å²) < 4.78 is 0.760. The van der Waals surface area contributed by atoms with E-state index in [-0.39, 0.29) is 11.8 Å². The maximum atomic E-state index is 11.8. The van der Waals surface area contributed by atoms with Crippen LogP contribution in [0.5, 0.6) is 0 Å². The monoisotopic (exact) mass is 317 g/mol. The van der Waals surface area contributed by atoms with Gasteiger partial charge in [-0.05, 0) is 18.7 Å². The third-order valence-corrected chi connectivity index (χ3v) is 3.86. The number of likely N-dealkylation sites (N-methyl/N-ethyl adjacent to an activating group) is 1. The van der Waals surface area contributed by atoms with Gasteiger partial charge in [0.1, 0.15) is 0 Å². The van der Waals surface area contributed by atoms with Crippen LogP contribution in [0.4, 0.5) is 0 Å². The van der Waals surface area contributed by atoms with E-state index in [1.165, 1.54) is 18.3 Å². The summed E-state index contributed by atoms with van der Waals surface area (Å²) in [6, 6.07) is 3.84. The minimum absolute atomic E-state index is 0.0418. The van der Waals surface area contributed by atoms with Crippen LogP contribution in [0.3, 0.4) is 0 Å². The Balaban J connectivity index is 2.28. The van der Waals surface area contributed by atoms with Crippen molar-refractivity contribution in [3.63, 3.8) is 0 Å². The van der Waals surface area contributed by atoms with Crippen LogP contribution in [0.1, 0.15) is 18.7 Å². The fourth-order valence-electron chi connectivity index (χ4n) is 1.64. The van der Waals surface area contributed by atoms with E-state index in [0.29, 0.717) is 26.2 Å². The van der Waals surface area contributed by atoms with Crippen molar-refractivity contribution in [2.75, 3.05) is 26.2 Å². The first-order valence-electron chi connectivity index (χ1n) is 6.49. The van der Waals surface area contributed by atoms with Crippen molar-refractivity contribution < 1.29 is 9.59 Å². The molecule has 112 valence electrons. The highest BCUT2D eigenvalue weighted by molar-refractivity contribution is 7.16. The molecule has 1 aromatic rings. The molecule has 1 heterocycles. The molecule has 0 fully saturated rings. The molecule has 5 nitrogen and oxygen atoms in total. The number of carbonyl (C=O) groups excluding carboxylic acids is 2. The van der Waals surface area contributed by atoms with Gasteiger partial charge in [0.2, 0.25) is 11.8 Å². The van der Waals surface area contributed by atoms with Crippen LogP contribution >= 0.6 is 22.9 Å². The Morgan fingerprint density at radius 1 is 1.30 bits per heavy atom. The molecule has 2 amide bonds. The van der Waals surface area contributed by atoms with E-state index in [4.69, 9.17) is 11.6 Å². The lowest BCUT2D eigenvalue weighted by Crippen LogP contribution is -2.40. The first kappa shape index (κ1) is 16.9. The van der Waals surface area contributed by atoms with Crippen molar-refractivity contribution in [1.82, 2.24) is 15.5 Å². The number of carbonyl (C=O) groups is 2. The number of hydrogen-bond donors (Lipinski definition) is 2. The molecule has 0 bridgehead atoms. The molecule has 20 heavy (non-hydrogen) atoms. The maximum Gasteiger partial charge on any atom is 0.234 e. The first-order chi connectivity index (χ1) is 9.51. The predicted octanol–water partition coefficient (Wildman–Crippen LogP) is 1.48. The van der Waals surface area contributed by atoms with Crippen LogP contribution in [-0.2, 0) is 16.1 Å². The first-order valence-corrected chi connectivity index (χ1v) is 7.68. The van der Waals surface area contributed by atoms with Crippen LogP contribution in [-0.4, -0.2) is 42.9 Å². The molecule has 1 rings (SSSR count). The molecular weight excluding hydrogens is 298 g/mol. The molecule has 0 saturated carbocycles. The zero-order chi connectivity index (χ0) is 15.0. The average molecular weight is 318 g/mol. The van der Waals surface area contributed by atoms with E-state index >= 15 is 0 Å². The van der Waals surface area contributed by atoms with E-state index in [1.807, 2.05) is 24.0 Å². The lowest BCUT2D eigenvalue weighted by atomic mass is 10.4. The van der Waals surface area contributed by atoms with E-state index < -0.39 is 0 Å². The minimum atomic E-state index is -0.0935. The molecule has 0 atom stereocenters. The van der Waals surface area contributed by atoms with Gasteiger partial charge in [0, 0.05) is 31.4 Å². The Labute approximate surface area is 128 Å². The van der Waals surface area contributed by atoms with Gasteiger partial charge in [-0.3, -0.25) is 14.5 Å². The van der Waals surface area contributed by atoms with Gasteiger partial charge < -0.3 is 10.6 Å². The number of hydrogen-bond acceptors (Lipinski definition) is 4. The third-order valence-electron chi connectivity index (χ3n) is 2.64. The number of amides is 2. The standard InChI is InChI=1S/C13H20ClN3O2S/c1-3-17(8-11-4-5-12(14)20-11)9-13(19)16-7-6-15-10(2)18/h4-5H,3,6-9H2,1-2H3,(H,15,18)(H,16,19). The highest BCUT2D eigenvalue weighted by atomic mass is 35.5. The summed E-state index contributed by atoms with van der Waals surface area (Å²) in [7, 11) is 0. The van der Waals surface area contributed by atoms with E-state index in [1.54, 1.807) is 0 Å². The molecule has 1 aromatic heterocycles. The van der Waals surface area contributed by atoms with Crippen LogP contribution in [0, 0.1) is 0 Å². The van der Waals surface area contributed by atoms with Gasteiger partial charge in [0.05, 0.1) is 10.9 Å². The number of halogens is 1. The van der Waals surface area contributed by atoms with Crippen LogP contribution < -0.4 is 10.6 Å². The molecule has 0 aromatic carbocycles. The zero-order valence-corrected chi connectivity index (χ0v) is 13.3. The largest absolute Gasteiger partial charge is 0.355 e. The molecule has 0 aliphatic rings. The lowest BCUT2D eigenvalue weighted by molar-refractivity contribution is -0.123. The summed E-state index contributed by atoms with van der Waals surface area (Å²) in [5.41, 5.74) is 0. The van der Waals surface area contributed by atoms with Gasteiger partial charge in [-0.25, -0.2) is 0 Å². The van der Waals surface area contributed by atoms with Gasteiger partial charge in [-0.2, -0.15) is 0 Å². The van der Waals surface area contributed by atoms with Crippen molar-refractivity contribution in [3.8, 4) is 0 Å². The van der Waals surface area contributed by atoms with Crippen molar-refractivity contribution in [3.05, 3.63) is 21.3 Å². The predicted molar refractivity (Wildman–Crippen MR) is 82.0 cm³/mol. The van der Waals surface area contributed by atoms with Crippen molar-refractivity contribution in [2.24, 2.45) is 0 Å². The Bertz CT molecular complexity index is 451. The van der Waals surface area contributed by atoms with Gasteiger partial charge in [-0.15, -0.1) is 11.3 Å². The molecule has 2 N–H and O–H groups in total. The highest BCUT2D eigenvalue weighted by Gasteiger charge is 2.10. The third kappa shape index (κ3) is 6.88. The van der Waals surface area contributed by atoms with E-state index in [9.17, 15) is 9.59 Å². The van der Waals surface area contributed by atoms with Gasteiger partial charge in [0.25, 0.3) is 0 Å². The SMILES string of the molecule is CCN(CC(=O)NCCNC(C)=O)Cc1ccc(Cl)s1. The average Bonchev–Trinajstić information content (AvgIpc) is 2.79.